The molecule has 0 aromatic heterocycles. The molecule has 1 aliphatic carbocycles. The van der Waals surface area contributed by atoms with E-state index in [4.69, 9.17) is 4.74 Å². The molecule has 0 bridgehead atoms. The zero-order valence-corrected chi connectivity index (χ0v) is 23.5. The zero-order valence-electron chi connectivity index (χ0n) is 22.7. The molecule has 39 heavy (non-hydrogen) atoms. The van der Waals surface area contributed by atoms with Crippen LogP contribution in [-0.2, 0) is 26.2 Å². The van der Waals surface area contributed by atoms with Gasteiger partial charge in [-0.05, 0) is 56.0 Å². The molecule has 1 aliphatic rings. The number of benzene rings is 2. The third-order valence-electron chi connectivity index (χ3n) is 6.95. The number of nitrogens with one attached hydrogen (secondary N) is 1. The van der Waals surface area contributed by atoms with E-state index in [1.165, 1.54) is 11.0 Å². The van der Waals surface area contributed by atoms with E-state index in [1.54, 1.807) is 32.2 Å². The minimum atomic E-state index is -3.83. The van der Waals surface area contributed by atoms with Crippen molar-refractivity contribution in [2.45, 2.75) is 70.5 Å². The molecule has 0 radical (unpaired) electrons. The highest BCUT2D eigenvalue weighted by Gasteiger charge is 2.28. The molecule has 0 spiro atoms. The van der Waals surface area contributed by atoms with E-state index in [0.29, 0.717) is 5.75 Å². The zero-order chi connectivity index (χ0) is 28.6. The Balaban J connectivity index is 1.74. The van der Waals surface area contributed by atoms with Crippen molar-refractivity contribution in [3.63, 3.8) is 0 Å². The third kappa shape index (κ3) is 8.64. The molecule has 2 amide bonds. The first-order valence-electron chi connectivity index (χ1n) is 13.1. The van der Waals surface area contributed by atoms with Gasteiger partial charge in [-0.1, -0.05) is 31.4 Å². The van der Waals surface area contributed by atoms with Crippen LogP contribution in [0.5, 0.6) is 5.75 Å². The van der Waals surface area contributed by atoms with Gasteiger partial charge < -0.3 is 15.0 Å². The number of ether oxygens (including phenoxy) is 1. The lowest BCUT2D eigenvalue weighted by molar-refractivity contribution is -0.141. The molecular formula is C28H37F2N3O5S. The van der Waals surface area contributed by atoms with Gasteiger partial charge in [0.15, 0.2) is 11.6 Å². The lowest BCUT2D eigenvalue weighted by Gasteiger charge is -2.31. The smallest absolute Gasteiger partial charge is 0.242 e. The van der Waals surface area contributed by atoms with Gasteiger partial charge in [0.05, 0.1) is 19.1 Å². The Bertz CT molecular complexity index is 1250. The van der Waals surface area contributed by atoms with Crippen LogP contribution < -0.4 is 14.4 Å². The summed E-state index contributed by atoms with van der Waals surface area (Å²) < 4.78 is 58.1. The number of halogens is 2. The van der Waals surface area contributed by atoms with E-state index in [0.717, 1.165) is 60.4 Å². The molecule has 2 aromatic rings. The molecule has 0 saturated heterocycles. The van der Waals surface area contributed by atoms with Crippen molar-refractivity contribution in [3.05, 3.63) is 59.7 Å². The number of methoxy groups -OCH3 is 1. The summed E-state index contributed by atoms with van der Waals surface area (Å²) in [6.45, 7) is 1.72. The van der Waals surface area contributed by atoms with Gasteiger partial charge in [-0.3, -0.25) is 13.9 Å². The van der Waals surface area contributed by atoms with Crippen molar-refractivity contribution in [2.24, 2.45) is 0 Å². The van der Waals surface area contributed by atoms with Crippen molar-refractivity contribution in [1.29, 1.82) is 0 Å². The number of amides is 2. The number of sulfonamides is 1. The van der Waals surface area contributed by atoms with Gasteiger partial charge in [-0.25, -0.2) is 17.2 Å². The Kier molecular flexibility index (Phi) is 10.7. The van der Waals surface area contributed by atoms with Crippen LogP contribution in [0.15, 0.2) is 42.5 Å². The van der Waals surface area contributed by atoms with Gasteiger partial charge in [0.1, 0.15) is 11.8 Å². The second-order valence-corrected chi connectivity index (χ2v) is 11.8. The molecule has 2 aromatic carbocycles. The monoisotopic (exact) mass is 565 g/mol. The van der Waals surface area contributed by atoms with Crippen LogP contribution in [0.3, 0.4) is 0 Å². The van der Waals surface area contributed by atoms with Crippen LogP contribution in [0.25, 0.3) is 0 Å². The first kappa shape index (κ1) is 30.3. The van der Waals surface area contributed by atoms with Gasteiger partial charge in [0, 0.05) is 31.6 Å². The largest absolute Gasteiger partial charge is 0.497 e. The maximum Gasteiger partial charge on any atom is 0.242 e. The molecule has 1 atom stereocenters. The van der Waals surface area contributed by atoms with Gasteiger partial charge in [0.2, 0.25) is 21.8 Å². The summed E-state index contributed by atoms with van der Waals surface area (Å²) in [4.78, 5) is 28.1. The van der Waals surface area contributed by atoms with Crippen LogP contribution in [0.1, 0.15) is 57.4 Å². The fourth-order valence-electron chi connectivity index (χ4n) is 4.76. The van der Waals surface area contributed by atoms with Crippen molar-refractivity contribution in [1.82, 2.24) is 10.2 Å². The second-order valence-electron chi connectivity index (χ2n) is 9.93. The van der Waals surface area contributed by atoms with Crippen LogP contribution in [-0.4, -0.2) is 57.1 Å². The molecular weight excluding hydrogens is 528 g/mol. The highest BCUT2D eigenvalue weighted by Crippen LogP contribution is 2.23. The standard InChI is InChI=1S/C28H37F2N3O5S/c1-20(28(35)31-22-10-5-4-6-11-22)32(19-21-9-7-12-24(17-21)38-2)27(34)13-8-16-33(39(3,36)37)23-14-15-25(29)26(30)18-23/h7,9,12,14-15,17-18,20,22H,4-6,8,10-11,13,16,19H2,1-3H3,(H,31,35)/t20-/m0/s1. The van der Waals surface area contributed by atoms with E-state index in [2.05, 4.69) is 5.32 Å². The second kappa shape index (κ2) is 13.7. The SMILES string of the molecule is COc1cccc(CN(C(=O)CCCN(c2ccc(F)c(F)c2)S(C)(=O)=O)[C@@H](C)C(=O)NC2CCCCC2)c1. The van der Waals surface area contributed by atoms with Gasteiger partial charge in [-0.2, -0.15) is 0 Å². The van der Waals surface area contributed by atoms with E-state index in [1.807, 2.05) is 6.07 Å². The maximum absolute atomic E-state index is 13.8. The van der Waals surface area contributed by atoms with Crippen molar-refractivity contribution < 1.29 is 31.5 Å². The minimum absolute atomic E-state index is 0.0303. The van der Waals surface area contributed by atoms with Crippen molar-refractivity contribution in [2.75, 3.05) is 24.2 Å². The van der Waals surface area contributed by atoms with E-state index in [9.17, 15) is 26.8 Å². The Morgan fingerprint density at radius 1 is 1.08 bits per heavy atom. The molecule has 214 valence electrons. The fourth-order valence-corrected chi connectivity index (χ4v) is 5.72. The predicted molar refractivity (Wildman–Crippen MR) is 146 cm³/mol. The maximum atomic E-state index is 13.8. The van der Waals surface area contributed by atoms with Gasteiger partial charge >= 0.3 is 0 Å². The fraction of sp³-hybridized carbons (Fsp3) is 0.500. The average Bonchev–Trinajstić information content (AvgIpc) is 2.91. The average molecular weight is 566 g/mol. The molecule has 0 unspecified atom stereocenters. The summed E-state index contributed by atoms with van der Waals surface area (Å²) >= 11 is 0. The predicted octanol–water partition coefficient (Wildman–Crippen LogP) is 4.39. The number of rotatable bonds is 12. The summed E-state index contributed by atoms with van der Waals surface area (Å²) in [5, 5.41) is 3.08. The molecule has 1 fully saturated rings. The summed E-state index contributed by atoms with van der Waals surface area (Å²) in [5.74, 6) is -2.20. The van der Waals surface area contributed by atoms with E-state index in [-0.39, 0.29) is 49.5 Å². The van der Waals surface area contributed by atoms with Crippen LogP contribution >= 0.6 is 0 Å². The van der Waals surface area contributed by atoms with E-state index < -0.39 is 27.7 Å². The molecule has 0 heterocycles. The number of hydrogen-bond donors (Lipinski definition) is 1. The lowest BCUT2D eigenvalue weighted by Crippen LogP contribution is -2.50. The lowest BCUT2D eigenvalue weighted by atomic mass is 9.95. The third-order valence-corrected chi connectivity index (χ3v) is 8.14. The van der Waals surface area contributed by atoms with Gasteiger partial charge in [0.25, 0.3) is 0 Å². The Hall–Kier alpha value is -3.21. The van der Waals surface area contributed by atoms with E-state index >= 15 is 0 Å². The quantitative estimate of drug-likeness (QED) is 0.412. The van der Waals surface area contributed by atoms with Crippen molar-refractivity contribution in [3.8, 4) is 5.75 Å². The number of nitrogens with zero attached hydrogens (tertiary/aromatic N) is 2. The summed E-state index contributed by atoms with van der Waals surface area (Å²) in [5.41, 5.74) is 0.747. The van der Waals surface area contributed by atoms with Crippen LogP contribution in [0.4, 0.5) is 14.5 Å². The first-order valence-corrected chi connectivity index (χ1v) is 15.0. The highest BCUT2D eigenvalue weighted by molar-refractivity contribution is 7.92. The molecule has 0 aliphatic heterocycles. The molecule has 1 N–H and O–H groups in total. The Morgan fingerprint density at radius 3 is 2.44 bits per heavy atom. The molecule has 8 nitrogen and oxygen atoms in total. The van der Waals surface area contributed by atoms with Gasteiger partial charge in [-0.15, -0.1) is 0 Å². The summed E-state index contributed by atoms with van der Waals surface area (Å²) in [7, 11) is -2.28. The minimum Gasteiger partial charge on any atom is -0.497 e. The highest BCUT2D eigenvalue weighted by atomic mass is 32.2. The van der Waals surface area contributed by atoms with Crippen LogP contribution in [0.2, 0.25) is 0 Å². The number of carbonyl (C=O) groups is 2. The normalized spacial score (nSPS) is 14.9. The number of hydrogen-bond acceptors (Lipinski definition) is 5. The summed E-state index contributed by atoms with van der Waals surface area (Å²) in [6.07, 6.45) is 6.10. The number of anilines is 1. The first-order chi connectivity index (χ1) is 18.5. The van der Waals surface area contributed by atoms with Crippen molar-refractivity contribution >= 4 is 27.5 Å². The topological polar surface area (TPSA) is 96.0 Å². The summed E-state index contributed by atoms with van der Waals surface area (Å²) in [6, 6.07) is 9.38. The molecule has 11 heteroatoms. The molecule has 1 saturated carbocycles. The van der Waals surface area contributed by atoms with Crippen LogP contribution in [0, 0.1) is 11.6 Å². The number of carbonyl (C=O) groups excluding carboxylic acids is 2. The Morgan fingerprint density at radius 2 is 1.79 bits per heavy atom. The molecule has 3 rings (SSSR count). The Labute approximate surface area is 229 Å².